The molecule has 0 aliphatic carbocycles. The number of hydrogen-bond acceptors (Lipinski definition) is 6. The highest BCUT2D eigenvalue weighted by Crippen LogP contribution is 2.51. The summed E-state index contributed by atoms with van der Waals surface area (Å²) in [5.41, 5.74) is 17.6. The van der Waals surface area contributed by atoms with E-state index in [0.29, 0.717) is 0 Å². The normalized spacial score (nSPS) is 12.2. The second-order valence-corrected chi connectivity index (χ2v) is 19.6. The summed E-state index contributed by atoms with van der Waals surface area (Å²) in [6, 6.07) is 69.2. The Hall–Kier alpha value is -9.26. The van der Waals surface area contributed by atoms with E-state index in [2.05, 4.69) is 207 Å². The smallest absolute Gasteiger partial charge is 0.138 e. The lowest BCUT2D eigenvalue weighted by Gasteiger charge is -2.28. The molecule has 0 fully saturated rings. The largest absolute Gasteiger partial charge is 0.456 e. The number of aryl methyl sites for hydroxylation is 4. The van der Waals surface area contributed by atoms with Gasteiger partial charge >= 0.3 is 0 Å². The second-order valence-electron chi connectivity index (χ2n) is 19.6. The van der Waals surface area contributed by atoms with E-state index in [-0.39, 0.29) is 0 Å². The van der Waals surface area contributed by atoms with Gasteiger partial charge in [0.15, 0.2) is 0 Å². The van der Waals surface area contributed by atoms with E-state index in [1.54, 1.807) is 0 Å². The molecule has 0 aliphatic rings. The van der Waals surface area contributed by atoms with Crippen molar-refractivity contribution in [1.29, 1.82) is 0 Å². The van der Waals surface area contributed by atoms with E-state index in [4.69, 9.17) is 17.7 Å². The van der Waals surface area contributed by atoms with E-state index in [1.165, 1.54) is 22.3 Å². The average molecular weight is 929 g/mol. The number of anilines is 6. The molecule has 0 N–H and O–H groups in total. The van der Waals surface area contributed by atoms with Crippen LogP contribution < -0.4 is 9.80 Å². The van der Waals surface area contributed by atoms with E-state index >= 15 is 0 Å². The van der Waals surface area contributed by atoms with Gasteiger partial charge in [-0.25, -0.2) is 0 Å². The first-order valence-electron chi connectivity index (χ1n) is 24.5. The zero-order valence-electron chi connectivity index (χ0n) is 40.0. The van der Waals surface area contributed by atoms with Gasteiger partial charge in [-0.15, -0.1) is 0 Å². The Bertz CT molecular complexity index is 4430. The van der Waals surface area contributed by atoms with E-state index < -0.39 is 0 Å². The predicted molar refractivity (Wildman–Crippen MR) is 299 cm³/mol. The molecule has 0 saturated heterocycles. The molecule has 0 unspecified atom stereocenters. The lowest BCUT2D eigenvalue weighted by atomic mass is 9.96. The molecule has 11 aromatic carbocycles. The molecule has 0 spiro atoms. The molecule has 15 aromatic rings. The van der Waals surface area contributed by atoms with Gasteiger partial charge < -0.3 is 27.5 Å². The van der Waals surface area contributed by atoms with Gasteiger partial charge in [0.2, 0.25) is 0 Å². The Kier molecular flexibility index (Phi) is 8.53. The highest BCUT2D eigenvalue weighted by molar-refractivity contribution is 6.35. The Morgan fingerprint density at radius 2 is 0.569 bits per heavy atom. The van der Waals surface area contributed by atoms with Crippen molar-refractivity contribution < 1.29 is 17.7 Å². The molecule has 6 nitrogen and oxygen atoms in total. The van der Waals surface area contributed by atoms with E-state index in [9.17, 15) is 0 Å². The topological polar surface area (TPSA) is 59.0 Å². The first kappa shape index (κ1) is 40.6. The van der Waals surface area contributed by atoms with Crippen molar-refractivity contribution in [3.63, 3.8) is 0 Å². The minimum absolute atomic E-state index is 0.800. The van der Waals surface area contributed by atoms with E-state index in [0.717, 1.165) is 143 Å². The van der Waals surface area contributed by atoms with Crippen LogP contribution in [-0.4, -0.2) is 0 Å². The first-order valence-corrected chi connectivity index (χ1v) is 24.5. The fraction of sp³-hybridized carbons (Fsp3) is 0.0606. The van der Waals surface area contributed by atoms with Crippen LogP contribution in [0.1, 0.15) is 22.3 Å². The number of nitrogens with zero attached hydrogens (tertiary/aromatic N) is 2. The van der Waals surface area contributed by atoms with Crippen LogP contribution in [0.3, 0.4) is 0 Å². The van der Waals surface area contributed by atoms with Crippen molar-refractivity contribution in [3.05, 3.63) is 216 Å². The summed E-state index contributed by atoms with van der Waals surface area (Å²) in [4.78, 5) is 4.75. The molecule has 15 rings (SSSR count). The van der Waals surface area contributed by atoms with Gasteiger partial charge in [-0.3, -0.25) is 0 Å². The van der Waals surface area contributed by atoms with Crippen molar-refractivity contribution in [2.45, 2.75) is 27.7 Å². The number of rotatable bonds is 6. The van der Waals surface area contributed by atoms with Crippen LogP contribution in [0.5, 0.6) is 0 Å². The number of para-hydroxylation sites is 2. The molecule has 4 aromatic heterocycles. The molecule has 72 heavy (non-hydrogen) atoms. The summed E-state index contributed by atoms with van der Waals surface area (Å²) in [5, 5.41) is 12.9. The second kappa shape index (κ2) is 15.1. The maximum Gasteiger partial charge on any atom is 0.138 e. The molecule has 0 aliphatic heterocycles. The number of furan rings is 4. The Morgan fingerprint density at radius 1 is 0.236 bits per heavy atom. The van der Waals surface area contributed by atoms with Crippen molar-refractivity contribution >= 4 is 143 Å². The summed E-state index contributed by atoms with van der Waals surface area (Å²) in [6.07, 6.45) is 0. The van der Waals surface area contributed by atoms with Crippen LogP contribution in [0.15, 0.2) is 212 Å². The standard InChI is InChI=1S/C66H44N2O4/c1-37-27-38(2)30-43(29-37)67(41-21-23-57-51(33-41)47-15-9-11-19-55(47)69-57)53-35-61-63(49-17-7-5-13-45(49)53)65-59(71-61)25-26-60-66(65)64-50-18-8-6-14-46(50)54(36-62(64)72-60)68(44-31-39(3)28-40(4)32-44)42-22-24-58-52(34-42)48-16-10-12-20-56(48)70-58/h5-36H,1-4H3. The van der Waals surface area contributed by atoms with Gasteiger partial charge in [0.1, 0.15) is 44.7 Å². The monoisotopic (exact) mass is 928 g/mol. The molecule has 4 heterocycles. The van der Waals surface area contributed by atoms with Gasteiger partial charge in [-0.2, -0.15) is 0 Å². The van der Waals surface area contributed by atoms with Gasteiger partial charge in [-0.1, -0.05) is 97.1 Å². The third-order valence-corrected chi connectivity index (χ3v) is 14.7. The molecule has 0 radical (unpaired) electrons. The van der Waals surface area contributed by atoms with Crippen molar-refractivity contribution in [1.82, 2.24) is 0 Å². The summed E-state index contributed by atoms with van der Waals surface area (Å²) >= 11 is 0. The molecule has 0 atom stereocenters. The Morgan fingerprint density at radius 3 is 0.986 bits per heavy atom. The third kappa shape index (κ3) is 6.02. The first-order chi connectivity index (χ1) is 35.3. The number of fused-ring (bicyclic) bond motifs is 17. The summed E-state index contributed by atoms with van der Waals surface area (Å²) in [5.74, 6) is 0. The number of hydrogen-bond donors (Lipinski definition) is 0. The maximum absolute atomic E-state index is 7.08. The van der Waals surface area contributed by atoms with Crippen molar-refractivity contribution in [2.24, 2.45) is 0 Å². The minimum Gasteiger partial charge on any atom is -0.456 e. The minimum atomic E-state index is 0.800. The van der Waals surface area contributed by atoms with Crippen LogP contribution in [0.25, 0.3) is 109 Å². The van der Waals surface area contributed by atoms with Crippen molar-refractivity contribution in [2.75, 3.05) is 9.80 Å². The fourth-order valence-electron chi connectivity index (χ4n) is 11.9. The van der Waals surface area contributed by atoms with Crippen LogP contribution >= 0.6 is 0 Å². The molecule has 342 valence electrons. The lowest BCUT2D eigenvalue weighted by molar-refractivity contribution is 0.663. The van der Waals surface area contributed by atoms with Gasteiger partial charge in [0.05, 0.1) is 11.4 Å². The fourth-order valence-corrected chi connectivity index (χ4v) is 11.9. The lowest BCUT2D eigenvalue weighted by Crippen LogP contribution is -2.11. The average Bonchev–Trinajstić information content (AvgIpc) is 4.16. The van der Waals surface area contributed by atoms with Crippen LogP contribution in [0.2, 0.25) is 0 Å². The van der Waals surface area contributed by atoms with Gasteiger partial charge in [0, 0.05) is 88.7 Å². The molecular weight excluding hydrogens is 885 g/mol. The van der Waals surface area contributed by atoms with E-state index in [1.807, 2.05) is 24.3 Å². The maximum atomic E-state index is 7.08. The van der Waals surface area contributed by atoms with Crippen molar-refractivity contribution in [3.8, 4) is 0 Å². The quantitative estimate of drug-likeness (QED) is 0.166. The highest BCUT2D eigenvalue weighted by Gasteiger charge is 2.27. The summed E-state index contributed by atoms with van der Waals surface area (Å²) in [7, 11) is 0. The van der Waals surface area contributed by atoms with Crippen LogP contribution in [-0.2, 0) is 0 Å². The summed E-state index contributed by atoms with van der Waals surface area (Å²) in [6.45, 7) is 8.66. The molecule has 0 amide bonds. The third-order valence-electron chi connectivity index (χ3n) is 14.7. The molecule has 0 bridgehead atoms. The summed E-state index contributed by atoms with van der Waals surface area (Å²) < 4.78 is 26.8. The molecule has 0 saturated carbocycles. The van der Waals surface area contributed by atoms with Gasteiger partial charge in [-0.05, 0) is 146 Å². The zero-order chi connectivity index (χ0) is 47.9. The predicted octanol–water partition coefficient (Wildman–Crippen LogP) is 19.8. The highest BCUT2D eigenvalue weighted by atomic mass is 16.3. The van der Waals surface area contributed by atoms with Crippen LogP contribution in [0, 0.1) is 27.7 Å². The van der Waals surface area contributed by atoms with Gasteiger partial charge in [0.25, 0.3) is 0 Å². The zero-order valence-corrected chi connectivity index (χ0v) is 40.0. The van der Waals surface area contributed by atoms with Crippen LogP contribution in [0.4, 0.5) is 34.1 Å². The molecule has 6 heteroatoms. The number of benzene rings is 11. The Labute approximate surface area is 413 Å². The molecular formula is C66H44N2O4. The Balaban J connectivity index is 0.991. The SMILES string of the molecule is Cc1cc(C)cc(N(c2ccc3oc4ccccc4c3c2)c2cc3oc4ccc5oc6cc(N(c7cc(C)cc(C)c7)c7ccc8oc9ccccc9c8c7)c7ccccc7c6c5c4c3c3ccccc23)c1.